The van der Waals surface area contributed by atoms with Crippen molar-refractivity contribution in [1.82, 2.24) is 4.90 Å². The van der Waals surface area contributed by atoms with Gasteiger partial charge >= 0.3 is 6.18 Å². The lowest BCUT2D eigenvalue weighted by molar-refractivity contribution is -0.137. The van der Waals surface area contributed by atoms with Gasteiger partial charge in [-0.05, 0) is 99.1 Å². The summed E-state index contributed by atoms with van der Waals surface area (Å²) in [7, 11) is 0. The molecule has 42 heavy (non-hydrogen) atoms. The summed E-state index contributed by atoms with van der Waals surface area (Å²) in [4.78, 5) is 14.5. The fourth-order valence-electron chi connectivity index (χ4n) is 5.37. The molecule has 0 saturated carbocycles. The lowest BCUT2D eigenvalue weighted by atomic mass is 9.89. The van der Waals surface area contributed by atoms with E-state index in [0.29, 0.717) is 12.3 Å². The largest absolute Gasteiger partial charge is 0.483 e. The van der Waals surface area contributed by atoms with Crippen molar-refractivity contribution < 1.29 is 27.1 Å². The molecule has 1 unspecified atom stereocenters. The number of likely N-dealkylation sites (tertiary alicyclic amines) is 1. The van der Waals surface area contributed by atoms with Crippen LogP contribution < -0.4 is 10.1 Å². The number of halogens is 4. The SMILES string of the molecule is CC(C)C(=O)Nc1cccc(C2CCN(CCCCCC(Oc3cc(C(F)(F)F)ccc3F)c3ccccc3)CC2)c1. The van der Waals surface area contributed by atoms with E-state index in [0.717, 1.165) is 81.2 Å². The van der Waals surface area contributed by atoms with E-state index in [1.54, 1.807) is 0 Å². The van der Waals surface area contributed by atoms with E-state index in [4.69, 9.17) is 4.74 Å². The van der Waals surface area contributed by atoms with E-state index in [9.17, 15) is 22.4 Å². The number of piperidine rings is 1. The van der Waals surface area contributed by atoms with Gasteiger partial charge in [0.05, 0.1) is 5.56 Å². The minimum Gasteiger partial charge on any atom is -0.483 e. The number of alkyl halides is 3. The van der Waals surface area contributed by atoms with Gasteiger partial charge in [-0.1, -0.05) is 62.7 Å². The fraction of sp³-hybridized carbons (Fsp3) is 0.441. The van der Waals surface area contributed by atoms with E-state index < -0.39 is 23.7 Å². The Morgan fingerprint density at radius 1 is 0.952 bits per heavy atom. The predicted octanol–water partition coefficient (Wildman–Crippen LogP) is 9.00. The average molecular weight is 585 g/mol. The number of nitrogens with zero attached hydrogens (tertiary/aromatic N) is 1. The maximum absolute atomic E-state index is 14.4. The van der Waals surface area contributed by atoms with E-state index in [2.05, 4.69) is 22.3 Å². The number of rotatable bonds is 12. The maximum Gasteiger partial charge on any atom is 0.416 e. The van der Waals surface area contributed by atoms with Gasteiger partial charge in [-0.15, -0.1) is 0 Å². The van der Waals surface area contributed by atoms with Gasteiger partial charge in [-0.25, -0.2) is 4.39 Å². The van der Waals surface area contributed by atoms with Gasteiger partial charge < -0.3 is 15.0 Å². The van der Waals surface area contributed by atoms with Crippen LogP contribution in [0.1, 0.15) is 81.1 Å². The molecule has 0 spiro atoms. The van der Waals surface area contributed by atoms with Crippen LogP contribution in [0.3, 0.4) is 0 Å². The van der Waals surface area contributed by atoms with Crippen molar-refractivity contribution in [3.05, 3.63) is 95.3 Å². The molecule has 1 heterocycles. The molecule has 8 heteroatoms. The monoisotopic (exact) mass is 584 g/mol. The van der Waals surface area contributed by atoms with Crippen molar-refractivity contribution in [3.63, 3.8) is 0 Å². The van der Waals surface area contributed by atoms with E-state index in [1.807, 2.05) is 56.3 Å². The Morgan fingerprint density at radius 3 is 2.38 bits per heavy atom. The molecule has 1 amide bonds. The Balaban J connectivity index is 1.24. The summed E-state index contributed by atoms with van der Waals surface area (Å²) < 4.78 is 59.8. The van der Waals surface area contributed by atoms with Crippen LogP contribution in [0.5, 0.6) is 5.75 Å². The quantitative estimate of drug-likeness (QED) is 0.171. The number of carbonyl (C=O) groups is 1. The van der Waals surface area contributed by atoms with Crippen LogP contribution in [0, 0.1) is 11.7 Å². The van der Waals surface area contributed by atoms with Crippen LogP contribution in [0.15, 0.2) is 72.8 Å². The number of anilines is 1. The first-order valence-corrected chi connectivity index (χ1v) is 14.8. The summed E-state index contributed by atoms with van der Waals surface area (Å²) in [5, 5.41) is 2.99. The van der Waals surface area contributed by atoms with Crippen LogP contribution >= 0.6 is 0 Å². The minimum absolute atomic E-state index is 0.0199. The highest BCUT2D eigenvalue weighted by Crippen LogP contribution is 2.35. The zero-order valence-corrected chi connectivity index (χ0v) is 24.3. The molecule has 1 fully saturated rings. The van der Waals surface area contributed by atoms with E-state index in [-0.39, 0.29) is 17.6 Å². The molecular weight excluding hydrogens is 544 g/mol. The van der Waals surface area contributed by atoms with Crippen LogP contribution in [-0.4, -0.2) is 30.4 Å². The van der Waals surface area contributed by atoms with Gasteiger partial charge in [0.25, 0.3) is 0 Å². The van der Waals surface area contributed by atoms with Crippen LogP contribution in [-0.2, 0) is 11.0 Å². The van der Waals surface area contributed by atoms with Gasteiger partial charge in [-0.3, -0.25) is 4.79 Å². The molecule has 4 rings (SSSR count). The van der Waals surface area contributed by atoms with Gasteiger partial charge in [0, 0.05) is 11.6 Å². The Kier molecular flexibility index (Phi) is 11.0. The standard InChI is InChI=1S/C34H40F4N2O2/c1-24(2)33(41)39-29-13-9-12-27(22-29)25-17-20-40(21-18-25)19-8-4-7-14-31(26-10-5-3-6-11-26)42-32-23-28(34(36,37)38)15-16-30(32)35/h3,5-6,9-13,15-16,22-25,31H,4,7-8,14,17-21H2,1-2H3,(H,39,41). The first kappa shape index (κ1) is 31.5. The van der Waals surface area contributed by atoms with Crippen LogP contribution in [0.4, 0.5) is 23.2 Å². The van der Waals surface area contributed by atoms with Crippen LogP contribution in [0.2, 0.25) is 0 Å². The molecule has 1 atom stereocenters. The number of unbranched alkanes of at least 4 members (excludes halogenated alkanes) is 2. The Hall–Kier alpha value is -3.39. The highest BCUT2D eigenvalue weighted by Gasteiger charge is 2.32. The van der Waals surface area contributed by atoms with E-state index in [1.165, 1.54) is 5.56 Å². The average Bonchev–Trinajstić information content (AvgIpc) is 2.97. The lowest BCUT2D eigenvalue weighted by Crippen LogP contribution is -2.33. The summed E-state index contributed by atoms with van der Waals surface area (Å²) in [5.74, 6) is -0.760. The summed E-state index contributed by atoms with van der Waals surface area (Å²) in [6.07, 6.45) is 0.341. The Bertz CT molecular complexity index is 1290. The molecule has 226 valence electrons. The molecule has 0 radical (unpaired) electrons. The number of amides is 1. The molecule has 3 aromatic rings. The third-order valence-electron chi connectivity index (χ3n) is 7.88. The normalized spacial score (nSPS) is 15.5. The first-order chi connectivity index (χ1) is 20.1. The van der Waals surface area contributed by atoms with Crippen molar-refractivity contribution >= 4 is 11.6 Å². The third-order valence-corrected chi connectivity index (χ3v) is 7.88. The first-order valence-electron chi connectivity index (χ1n) is 14.8. The molecule has 4 nitrogen and oxygen atoms in total. The van der Waals surface area contributed by atoms with Gasteiger partial charge in [0.2, 0.25) is 5.91 Å². The third kappa shape index (κ3) is 9.05. The topological polar surface area (TPSA) is 41.6 Å². The Morgan fingerprint density at radius 2 is 1.69 bits per heavy atom. The molecule has 1 aliphatic heterocycles. The summed E-state index contributed by atoms with van der Waals surface area (Å²) in [5.41, 5.74) is 1.99. The van der Waals surface area contributed by atoms with Gasteiger partial charge in [0.15, 0.2) is 11.6 Å². The van der Waals surface area contributed by atoms with Gasteiger partial charge in [-0.2, -0.15) is 13.2 Å². The Labute approximate surface area is 246 Å². The highest BCUT2D eigenvalue weighted by atomic mass is 19.4. The number of nitrogens with one attached hydrogen (secondary N) is 1. The lowest BCUT2D eigenvalue weighted by Gasteiger charge is -2.32. The van der Waals surface area contributed by atoms with Gasteiger partial charge in [0.1, 0.15) is 6.10 Å². The van der Waals surface area contributed by atoms with E-state index >= 15 is 0 Å². The molecule has 1 aliphatic rings. The van der Waals surface area contributed by atoms with Crippen molar-refractivity contribution in [2.45, 2.75) is 70.6 Å². The molecule has 3 aromatic carbocycles. The predicted molar refractivity (Wildman–Crippen MR) is 158 cm³/mol. The molecule has 1 saturated heterocycles. The second kappa shape index (κ2) is 14.7. The zero-order chi connectivity index (χ0) is 30.1. The molecule has 0 bridgehead atoms. The number of benzene rings is 3. The van der Waals surface area contributed by atoms with Crippen LogP contribution in [0.25, 0.3) is 0 Å². The molecular formula is C34H40F4N2O2. The zero-order valence-electron chi connectivity index (χ0n) is 24.3. The van der Waals surface area contributed by atoms with Crippen molar-refractivity contribution in [1.29, 1.82) is 0 Å². The number of ether oxygens (including phenoxy) is 1. The van der Waals surface area contributed by atoms with Crippen molar-refractivity contribution in [2.75, 3.05) is 25.0 Å². The van der Waals surface area contributed by atoms with Crippen molar-refractivity contribution in [2.24, 2.45) is 5.92 Å². The second-order valence-corrected chi connectivity index (χ2v) is 11.4. The molecule has 1 N–H and O–H groups in total. The minimum atomic E-state index is -4.57. The summed E-state index contributed by atoms with van der Waals surface area (Å²) >= 11 is 0. The maximum atomic E-state index is 14.4. The number of hydrogen-bond donors (Lipinski definition) is 1. The summed E-state index contributed by atoms with van der Waals surface area (Å²) in [6.45, 7) is 6.77. The summed E-state index contributed by atoms with van der Waals surface area (Å²) in [6, 6.07) is 19.7. The smallest absolute Gasteiger partial charge is 0.416 e. The van der Waals surface area contributed by atoms with Crippen molar-refractivity contribution in [3.8, 4) is 5.75 Å². The number of hydrogen-bond acceptors (Lipinski definition) is 3. The number of carbonyl (C=O) groups excluding carboxylic acids is 1. The highest BCUT2D eigenvalue weighted by molar-refractivity contribution is 5.92. The molecule has 0 aliphatic carbocycles. The second-order valence-electron chi connectivity index (χ2n) is 11.4. The molecule has 0 aromatic heterocycles. The fourth-order valence-corrected chi connectivity index (χ4v) is 5.37.